The first-order valence-corrected chi connectivity index (χ1v) is 10.5. The Morgan fingerprint density at radius 2 is 2.00 bits per heavy atom. The predicted octanol–water partition coefficient (Wildman–Crippen LogP) is 1.21. The number of fused-ring (bicyclic) bond motifs is 2. The molecule has 0 radical (unpaired) electrons. The Bertz CT molecular complexity index is 924. The lowest BCUT2D eigenvalue weighted by Gasteiger charge is -2.29. The number of aromatic nitrogens is 3. The second-order valence-electron chi connectivity index (χ2n) is 8.92. The number of hydrogen-bond acceptors (Lipinski definition) is 5. The highest BCUT2D eigenvalue weighted by atomic mass is 16.5. The molecule has 154 valence electrons. The summed E-state index contributed by atoms with van der Waals surface area (Å²) in [5.74, 6) is 0.620. The molecule has 29 heavy (non-hydrogen) atoms. The molecule has 3 fully saturated rings. The van der Waals surface area contributed by atoms with E-state index in [0.717, 1.165) is 23.9 Å². The van der Waals surface area contributed by atoms with Crippen LogP contribution in [-0.2, 0) is 20.9 Å². The lowest BCUT2D eigenvalue weighted by atomic mass is 9.73. The van der Waals surface area contributed by atoms with Gasteiger partial charge in [0.15, 0.2) is 0 Å². The third-order valence-electron chi connectivity index (χ3n) is 6.78. The van der Waals surface area contributed by atoms with E-state index in [1.165, 1.54) is 4.80 Å². The molecule has 1 spiro atoms. The average Bonchev–Trinajstić information content (AvgIpc) is 3.43. The molecule has 3 saturated heterocycles. The molecule has 1 aromatic carbocycles. The number of rotatable bonds is 5. The van der Waals surface area contributed by atoms with Crippen molar-refractivity contribution in [2.24, 2.45) is 17.8 Å². The minimum Gasteiger partial charge on any atom is -0.369 e. The van der Waals surface area contributed by atoms with E-state index in [9.17, 15) is 9.59 Å². The Kier molecular flexibility index (Phi) is 4.34. The second kappa shape index (κ2) is 6.79. The molecule has 1 aromatic heterocycles. The number of carbonyl (C=O) groups excluding carboxylic acids is 2. The van der Waals surface area contributed by atoms with Gasteiger partial charge in [-0.15, -0.1) is 0 Å². The summed E-state index contributed by atoms with van der Waals surface area (Å²) >= 11 is 0. The van der Waals surface area contributed by atoms with Gasteiger partial charge in [-0.1, -0.05) is 26.0 Å². The van der Waals surface area contributed by atoms with Gasteiger partial charge in [0.25, 0.3) is 0 Å². The van der Waals surface area contributed by atoms with Gasteiger partial charge < -0.3 is 15.0 Å². The fraction of sp³-hybridized carbons (Fsp3) is 0.619. The predicted molar refractivity (Wildman–Crippen MR) is 106 cm³/mol. The molecule has 0 aliphatic carbocycles. The molecule has 8 nitrogen and oxygen atoms in total. The molecular weight excluding hydrogens is 370 g/mol. The van der Waals surface area contributed by atoms with Crippen molar-refractivity contribution in [2.45, 2.75) is 44.9 Å². The zero-order chi connectivity index (χ0) is 20.2. The van der Waals surface area contributed by atoms with Crippen molar-refractivity contribution in [3.05, 3.63) is 24.3 Å². The molecule has 0 saturated carbocycles. The van der Waals surface area contributed by atoms with E-state index in [1.807, 2.05) is 43.0 Å². The summed E-state index contributed by atoms with van der Waals surface area (Å²) in [6.07, 6.45) is 2.19. The van der Waals surface area contributed by atoms with Crippen LogP contribution in [0.25, 0.3) is 11.0 Å². The first-order valence-electron chi connectivity index (χ1n) is 10.5. The van der Waals surface area contributed by atoms with Crippen LogP contribution in [0.2, 0.25) is 0 Å². The third kappa shape index (κ3) is 3.10. The van der Waals surface area contributed by atoms with Crippen molar-refractivity contribution < 1.29 is 14.3 Å². The zero-order valence-electron chi connectivity index (χ0n) is 16.9. The number of carbonyl (C=O) groups is 2. The molecule has 2 amide bonds. The smallest absolute Gasteiger partial charge is 0.246 e. The molecule has 8 heteroatoms. The van der Waals surface area contributed by atoms with Crippen LogP contribution < -0.4 is 5.32 Å². The fourth-order valence-electron chi connectivity index (χ4n) is 5.27. The summed E-state index contributed by atoms with van der Waals surface area (Å²) in [5, 5.41) is 11.9. The van der Waals surface area contributed by atoms with Gasteiger partial charge in [-0.3, -0.25) is 9.59 Å². The molecule has 1 N–H and O–H groups in total. The van der Waals surface area contributed by atoms with Gasteiger partial charge >= 0.3 is 0 Å². The van der Waals surface area contributed by atoms with E-state index in [2.05, 4.69) is 15.5 Å². The third-order valence-corrected chi connectivity index (χ3v) is 6.78. The molecule has 5 rings (SSSR count). The molecule has 4 heterocycles. The first-order chi connectivity index (χ1) is 13.9. The maximum atomic E-state index is 13.0. The second-order valence-corrected chi connectivity index (χ2v) is 8.92. The van der Waals surface area contributed by atoms with Gasteiger partial charge in [-0.25, -0.2) is 0 Å². The highest BCUT2D eigenvalue weighted by Crippen LogP contribution is 2.54. The van der Waals surface area contributed by atoms with Crippen molar-refractivity contribution in [2.75, 3.05) is 19.6 Å². The molecule has 2 bridgehead atoms. The van der Waals surface area contributed by atoms with Gasteiger partial charge in [0.1, 0.15) is 17.6 Å². The Morgan fingerprint density at radius 1 is 1.28 bits per heavy atom. The maximum absolute atomic E-state index is 13.0. The van der Waals surface area contributed by atoms with Gasteiger partial charge in [0.2, 0.25) is 11.8 Å². The van der Waals surface area contributed by atoms with E-state index in [1.54, 1.807) is 0 Å². The van der Waals surface area contributed by atoms with Crippen LogP contribution in [0.4, 0.5) is 0 Å². The highest BCUT2D eigenvalue weighted by molar-refractivity contribution is 5.78. The number of nitrogens with zero attached hydrogens (tertiary/aromatic N) is 4. The number of nitrogens with one attached hydrogen (secondary N) is 1. The summed E-state index contributed by atoms with van der Waals surface area (Å²) in [6, 6.07) is 7.61. The van der Waals surface area contributed by atoms with Crippen LogP contribution >= 0.6 is 0 Å². The largest absolute Gasteiger partial charge is 0.369 e. The quantitative estimate of drug-likeness (QED) is 0.819. The number of benzene rings is 1. The lowest BCUT2D eigenvalue weighted by molar-refractivity contribution is -0.133. The monoisotopic (exact) mass is 397 g/mol. The van der Waals surface area contributed by atoms with E-state index in [-0.39, 0.29) is 47.8 Å². The van der Waals surface area contributed by atoms with Crippen LogP contribution in [0.3, 0.4) is 0 Å². The Morgan fingerprint density at radius 3 is 2.69 bits per heavy atom. The minimum atomic E-state index is -0.240. The number of hydrogen-bond donors (Lipinski definition) is 1. The van der Waals surface area contributed by atoms with Crippen molar-refractivity contribution in [3.63, 3.8) is 0 Å². The van der Waals surface area contributed by atoms with E-state index < -0.39 is 0 Å². The molecular formula is C21H27N5O3. The summed E-state index contributed by atoms with van der Waals surface area (Å²) in [6.45, 7) is 5.87. The summed E-state index contributed by atoms with van der Waals surface area (Å²) in [4.78, 5) is 28.4. The van der Waals surface area contributed by atoms with E-state index in [0.29, 0.717) is 19.6 Å². The summed E-state index contributed by atoms with van der Waals surface area (Å²) in [7, 11) is 0. The molecule has 2 aromatic rings. The fourth-order valence-corrected chi connectivity index (χ4v) is 5.27. The Hall–Kier alpha value is -2.48. The number of likely N-dealkylation sites (tertiary alicyclic amines) is 1. The van der Waals surface area contributed by atoms with Crippen molar-refractivity contribution in [1.29, 1.82) is 0 Å². The summed E-state index contributed by atoms with van der Waals surface area (Å²) < 4.78 is 6.38. The maximum Gasteiger partial charge on any atom is 0.246 e. The number of amides is 2. The molecule has 3 aliphatic rings. The molecule has 4 atom stereocenters. The van der Waals surface area contributed by atoms with Gasteiger partial charge in [0.05, 0.1) is 18.2 Å². The first kappa shape index (κ1) is 18.5. The SMILES string of the molecule is CC(C)C(=O)NC[C@H]1[C@H]2CN(C(=O)Cn3nc4ccccc4n3)C[C@]23CC[C@H]1O3. The van der Waals surface area contributed by atoms with Crippen LogP contribution in [0.5, 0.6) is 0 Å². The van der Waals surface area contributed by atoms with Crippen LogP contribution in [-0.4, -0.2) is 63.0 Å². The zero-order valence-corrected chi connectivity index (χ0v) is 16.9. The van der Waals surface area contributed by atoms with Crippen molar-refractivity contribution in [1.82, 2.24) is 25.2 Å². The highest BCUT2D eigenvalue weighted by Gasteiger charge is 2.63. The standard InChI is InChI=1S/C21H27N5O3/c1-13(2)20(28)22-9-14-15-10-25(12-21(15)8-7-18(14)29-21)19(27)11-26-23-16-5-3-4-6-17(16)24-26/h3-6,13-15,18H,7-12H2,1-2H3,(H,22,28)/t14-,15+,18+,21+/m0/s1. The average molecular weight is 397 g/mol. The number of ether oxygens (including phenoxy) is 1. The van der Waals surface area contributed by atoms with Gasteiger partial charge in [-0.2, -0.15) is 15.0 Å². The Balaban J connectivity index is 1.26. The van der Waals surface area contributed by atoms with E-state index in [4.69, 9.17) is 4.74 Å². The molecule has 0 unspecified atom stereocenters. The van der Waals surface area contributed by atoms with Crippen molar-refractivity contribution in [3.8, 4) is 0 Å². The van der Waals surface area contributed by atoms with Crippen LogP contribution in [0.1, 0.15) is 26.7 Å². The minimum absolute atomic E-state index is 0.0195. The molecule has 3 aliphatic heterocycles. The Labute approximate surface area is 169 Å². The summed E-state index contributed by atoms with van der Waals surface area (Å²) in [5.41, 5.74) is 1.34. The topological polar surface area (TPSA) is 89.4 Å². The lowest BCUT2D eigenvalue weighted by Crippen LogP contribution is -2.42. The van der Waals surface area contributed by atoms with E-state index >= 15 is 0 Å². The van der Waals surface area contributed by atoms with Crippen molar-refractivity contribution >= 4 is 22.8 Å². The van der Waals surface area contributed by atoms with Crippen LogP contribution in [0.15, 0.2) is 24.3 Å². The normalized spacial score (nSPS) is 30.3. The van der Waals surface area contributed by atoms with Gasteiger partial charge in [-0.05, 0) is 25.0 Å². The van der Waals surface area contributed by atoms with Crippen LogP contribution in [0, 0.1) is 17.8 Å². The van der Waals surface area contributed by atoms with Gasteiger partial charge in [0, 0.05) is 30.8 Å².